The zero-order chi connectivity index (χ0) is 17.9. The van der Waals surface area contributed by atoms with Crippen molar-refractivity contribution >= 4 is 46.0 Å². The van der Waals surface area contributed by atoms with Gasteiger partial charge in [-0.15, -0.1) is 0 Å². The van der Waals surface area contributed by atoms with Crippen molar-refractivity contribution in [2.45, 2.75) is 23.3 Å². The standard InChI is InChI=1S/C12H17N5O5S2/c1-24(21)12-16-8(15-10(13)19)7(23-12)9(18)22-6-3-2-4-17(5-6)11(14)20/h6H,2-5H2,1H3,(H2,14,20)(H3,13,15,19). The number of likely N-dealkylation sites (tertiary alicyclic amines) is 1. The van der Waals surface area contributed by atoms with Crippen LogP contribution in [0.1, 0.15) is 22.5 Å². The number of urea groups is 2. The van der Waals surface area contributed by atoms with Gasteiger partial charge in [0.15, 0.2) is 15.0 Å². The topological polar surface area (TPSA) is 158 Å². The number of anilines is 1. The number of thiazole rings is 1. The summed E-state index contributed by atoms with van der Waals surface area (Å²) in [5, 5.41) is 2.21. The Labute approximate surface area is 144 Å². The highest BCUT2D eigenvalue weighted by Gasteiger charge is 2.28. The van der Waals surface area contributed by atoms with E-state index in [1.807, 2.05) is 0 Å². The van der Waals surface area contributed by atoms with Crippen LogP contribution in [-0.2, 0) is 15.5 Å². The van der Waals surface area contributed by atoms with Gasteiger partial charge in [-0.25, -0.2) is 19.4 Å². The van der Waals surface area contributed by atoms with Crippen LogP contribution in [0, 0.1) is 0 Å². The second-order valence-electron chi connectivity index (χ2n) is 5.05. The van der Waals surface area contributed by atoms with Crippen molar-refractivity contribution < 1.29 is 23.3 Å². The summed E-state index contributed by atoms with van der Waals surface area (Å²) in [4.78, 5) is 39.9. The average molecular weight is 375 g/mol. The van der Waals surface area contributed by atoms with Crippen LogP contribution in [0.25, 0.3) is 0 Å². The molecule has 0 spiro atoms. The first-order chi connectivity index (χ1) is 11.3. The second-order valence-corrected chi connectivity index (χ2v) is 7.61. The van der Waals surface area contributed by atoms with E-state index < -0.39 is 34.9 Å². The number of hydrogen-bond acceptors (Lipinski definition) is 7. The molecule has 0 aromatic carbocycles. The molecule has 0 aliphatic carbocycles. The van der Waals surface area contributed by atoms with Gasteiger partial charge < -0.3 is 21.1 Å². The predicted molar refractivity (Wildman–Crippen MR) is 87.2 cm³/mol. The largest absolute Gasteiger partial charge is 0.456 e. The van der Waals surface area contributed by atoms with E-state index >= 15 is 0 Å². The number of amides is 4. The molecule has 1 fully saturated rings. The molecule has 24 heavy (non-hydrogen) atoms. The number of aromatic nitrogens is 1. The Morgan fingerprint density at radius 2 is 2.12 bits per heavy atom. The molecular weight excluding hydrogens is 358 g/mol. The molecule has 0 bridgehead atoms. The molecular formula is C12H17N5O5S2. The van der Waals surface area contributed by atoms with Gasteiger partial charge in [0, 0.05) is 12.8 Å². The van der Waals surface area contributed by atoms with Gasteiger partial charge in [-0.1, -0.05) is 11.3 Å². The van der Waals surface area contributed by atoms with Crippen LogP contribution < -0.4 is 16.8 Å². The lowest BCUT2D eigenvalue weighted by atomic mass is 10.1. The minimum Gasteiger partial charge on any atom is -0.456 e. The van der Waals surface area contributed by atoms with Crippen LogP contribution >= 0.6 is 11.3 Å². The van der Waals surface area contributed by atoms with Gasteiger partial charge in [0.2, 0.25) is 0 Å². The lowest BCUT2D eigenvalue weighted by molar-refractivity contribution is 0.0134. The Balaban J connectivity index is 2.15. The van der Waals surface area contributed by atoms with E-state index in [4.69, 9.17) is 16.2 Å². The maximum Gasteiger partial charge on any atom is 0.352 e. The fourth-order valence-electron chi connectivity index (χ4n) is 2.20. The van der Waals surface area contributed by atoms with Gasteiger partial charge in [-0.05, 0) is 12.8 Å². The highest BCUT2D eigenvalue weighted by molar-refractivity contribution is 7.86. The Kier molecular flexibility index (Phi) is 5.72. The molecule has 2 unspecified atom stereocenters. The molecule has 12 heteroatoms. The summed E-state index contributed by atoms with van der Waals surface area (Å²) in [5.74, 6) is -0.825. The van der Waals surface area contributed by atoms with Gasteiger partial charge in [0.05, 0.1) is 17.3 Å². The predicted octanol–water partition coefficient (Wildman–Crippen LogP) is 0.0710. The quantitative estimate of drug-likeness (QED) is 0.632. The smallest absolute Gasteiger partial charge is 0.352 e. The third kappa shape index (κ3) is 4.41. The van der Waals surface area contributed by atoms with Gasteiger partial charge in [0.1, 0.15) is 6.10 Å². The molecule has 1 aliphatic heterocycles. The van der Waals surface area contributed by atoms with E-state index in [1.54, 1.807) is 0 Å². The Hall–Kier alpha value is -2.21. The minimum atomic E-state index is -1.43. The number of esters is 1. The van der Waals surface area contributed by atoms with E-state index in [9.17, 15) is 18.6 Å². The number of nitrogens with one attached hydrogen (secondary N) is 1. The Morgan fingerprint density at radius 1 is 1.42 bits per heavy atom. The third-order valence-corrected chi connectivity index (χ3v) is 5.61. The number of hydrogen-bond donors (Lipinski definition) is 3. The van der Waals surface area contributed by atoms with Crippen molar-refractivity contribution in [2.75, 3.05) is 24.7 Å². The van der Waals surface area contributed by atoms with Gasteiger partial charge in [0.25, 0.3) is 0 Å². The molecule has 1 aromatic rings. The van der Waals surface area contributed by atoms with Crippen LogP contribution in [0.5, 0.6) is 0 Å². The minimum absolute atomic E-state index is 0.00445. The number of primary amides is 2. The number of piperidine rings is 1. The molecule has 5 N–H and O–H groups in total. The van der Waals surface area contributed by atoms with Crippen LogP contribution in [0.3, 0.4) is 0 Å². The zero-order valence-electron chi connectivity index (χ0n) is 12.8. The summed E-state index contributed by atoms with van der Waals surface area (Å²) >= 11 is 0.852. The number of nitrogens with zero attached hydrogens (tertiary/aromatic N) is 2. The van der Waals surface area contributed by atoms with Crippen molar-refractivity contribution in [2.24, 2.45) is 11.5 Å². The van der Waals surface area contributed by atoms with E-state index in [2.05, 4.69) is 10.3 Å². The van der Waals surface area contributed by atoms with E-state index in [-0.39, 0.29) is 21.6 Å². The van der Waals surface area contributed by atoms with Crippen molar-refractivity contribution in [3.05, 3.63) is 4.88 Å². The molecule has 2 heterocycles. The molecule has 0 saturated carbocycles. The molecule has 1 saturated heterocycles. The van der Waals surface area contributed by atoms with Crippen molar-refractivity contribution in [3.63, 3.8) is 0 Å². The van der Waals surface area contributed by atoms with Crippen molar-refractivity contribution in [1.29, 1.82) is 0 Å². The second kappa shape index (κ2) is 7.57. The number of rotatable bonds is 4. The van der Waals surface area contributed by atoms with Gasteiger partial charge in [-0.3, -0.25) is 9.53 Å². The van der Waals surface area contributed by atoms with Crippen LogP contribution in [0.2, 0.25) is 0 Å². The van der Waals surface area contributed by atoms with Crippen LogP contribution in [-0.4, -0.2) is 57.6 Å². The van der Waals surface area contributed by atoms with Crippen LogP contribution in [0.15, 0.2) is 4.34 Å². The first kappa shape index (κ1) is 18.1. The highest BCUT2D eigenvalue weighted by atomic mass is 32.2. The molecule has 1 aliphatic rings. The fraction of sp³-hybridized carbons (Fsp3) is 0.500. The highest BCUT2D eigenvalue weighted by Crippen LogP contribution is 2.27. The molecule has 2 rings (SSSR count). The van der Waals surface area contributed by atoms with Crippen LogP contribution in [0.4, 0.5) is 15.4 Å². The number of carbonyl (C=O) groups is 3. The summed E-state index contributed by atoms with van der Waals surface area (Å²) in [6.07, 6.45) is 2.12. The number of ether oxygens (including phenoxy) is 1. The maximum absolute atomic E-state index is 12.4. The first-order valence-electron chi connectivity index (χ1n) is 6.94. The van der Waals surface area contributed by atoms with Gasteiger partial charge >= 0.3 is 18.0 Å². The summed E-state index contributed by atoms with van der Waals surface area (Å²) in [5.41, 5.74) is 10.3. The fourth-order valence-corrected chi connectivity index (χ4v) is 3.78. The number of carbonyl (C=O) groups excluding carboxylic acids is 3. The monoisotopic (exact) mass is 375 g/mol. The lowest BCUT2D eigenvalue weighted by Gasteiger charge is -2.30. The Bertz CT molecular complexity index is 691. The van der Waals surface area contributed by atoms with Gasteiger partial charge in [-0.2, -0.15) is 0 Å². The first-order valence-corrected chi connectivity index (χ1v) is 9.31. The van der Waals surface area contributed by atoms with Crippen molar-refractivity contribution in [1.82, 2.24) is 9.88 Å². The summed E-state index contributed by atoms with van der Waals surface area (Å²) in [6.45, 7) is 0.711. The molecule has 4 amide bonds. The maximum atomic E-state index is 12.4. The zero-order valence-corrected chi connectivity index (χ0v) is 14.4. The third-order valence-electron chi connectivity index (χ3n) is 3.24. The molecule has 132 valence electrons. The average Bonchev–Trinajstić information content (AvgIpc) is 2.91. The van der Waals surface area contributed by atoms with E-state index in [0.717, 1.165) is 11.3 Å². The summed E-state index contributed by atoms with van der Waals surface area (Å²) in [7, 11) is -1.43. The van der Waals surface area contributed by atoms with E-state index in [0.29, 0.717) is 19.4 Å². The molecule has 1 aromatic heterocycles. The molecule has 2 atom stereocenters. The Morgan fingerprint density at radius 3 is 2.71 bits per heavy atom. The van der Waals surface area contributed by atoms with E-state index in [1.165, 1.54) is 11.2 Å². The summed E-state index contributed by atoms with van der Waals surface area (Å²) in [6, 6.07) is -1.48. The molecule has 10 nitrogen and oxygen atoms in total. The SMILES string of the molecule is CS(=O)c1nc(NC(N)=O)c(C(=O)OC2CCCN(C(N)=O)C2)s1. The van der Waals surface area contributed by atoms with Crippen molar-refractivity contribution in [3.8, 4) is 0 Å². The summed E-state index contributed by atoms with van der Waals surface area (Å²) < 4.78 is 17.1. The molecule has 0 radical (unpaired) electrons. The lowest BCUT2D eigenvalue weighted by Crippen LogP contribution is -2.46. The normalized spacial score (nSPS) is 18.7. The number of nitrogens with two attached hydrogens (primary N) is 2.